The molecule has 0 aliphatic heterocycles. The highest BCUT2D eigenvalue weighted by atomic mass is 35.5. The maximum atomic E-state index is 12.5. The van der Waals surface area contributed by atoms with Crippen molar-refractivity contribution >= 4 is 75.3 Å². The van der Waals surface area contributed by atoms with Crippen molar-refractivity contribution in [3.8, 4) is 11.3 Å². The molecule has 0 aliphatic rings. The molecule has 0 aliphatic carbocycles. The molecule has 31 heavy (non-hydrogen) atoms. The van der Waals surface area contributed by atoms with E-state index in [1.807, 2.05) is 0 Å². The summed E-state index contributed by atoms with van der Waals surface area (Å²) in [5, 5.41) is 9.37. The van der Waals surface area contributed by atoms with E-state index in [1.165, 1.54) is 6.07 Å². The van der Waals surface area contributed by atoms with Crippen LogP contribution in [0.15, 0.2) is 52.9 Å². The highest BCUT2D eigenvalue weighted by Gasteiger charge is 2.16. The van der Waals surface area contributed by atoms with Gasteiger partial charge in [-0.2, -0.15) is 0 Å². The molecule has 3 aromatic rings. The summed E-state index contributed by atoms with van der Waals surface area (Å²) in [7, 11) is 0. The zero-order valence-electron chi connectivity index (χ0n) is 16.1. The fourth-order valence-corrected chi connectivity index (χ4v) is 3.31. The van der Waals surface area contributed by atoms with Gasteiger partial charge >= 0.3 is 0 Å². The van der Waals surface area contributed by atoms with Gasteiger partial charge in [-0.3, -0.25) is 14.9 Å². The average molecular weight is 497 g/mol. The minimum absolute atomic E-state index is 0.00426. The number of anilines is 2. The second-order valence-corrected chi connectivity index (χ2v) is 7.95. The zero-order chi connectivity index (χ0) is 22.5. The summed E-state index contributed by atoms with van der Waals surface area (Å²) in [5.41, 5.74) is 1.53. The smallest absolute Gasteiger partial charge is 0.293 e. The van der Waals surface area contributed by atoms with Gasteiger partial charge in [0.1, 0.15) is 5.76 Å². The second-order valence-electron chi connectivity index (χ2n) is 6.29. The molecule has 3 N–H and O–H groups in total. The first-order valence-electron chi connectivity index (χ1n) is 9.03. The molecular formula is C21H16Cl3N3O3S. The third-order valence-electron chi connectivity index (χ3n) is 4.07. The van der Waals surface area contributed by atoms with Crippen molar-refractivity contribution in [2.24, 2.45) is 0 Å². The monoisotopic (exact) mass is 495 g/mol. The highest BCUT2D eigenvalue weighted by molar-refractivity contribution is 7.80. The predicted octanol–water partition coefficient (Wildman–Crippen LogP) is 6.38. The first-order valence-corrected chi connectivity index (χ1v) is 10.6. The van der Waals surface area contributed by atoms with E-state index in [0.29, 0.717) is 44.2 Å². The maximum Gasteiger partial charge on any atom is 0.293 e. The van der Waals surface area contributed by atoms with E-state index in [9.17, 15) is 9.59 Å². The number of carbonyl (C=O) groups excluding carboxylic acids is 2. The van der Waals surface area contributed by atoms with Crippen LogP contribution in [-0.2, 0) is 4.79 Å². The summed E-state index contributed by atoms with van der Waals surface area (Å²) in [6, 6.07) is 12.9. The van der Waals surface area contributed by atoms with Gasteiger partial charge in [-0.25, -0.2) is 0 Å². The summed E-state index contributed by atoms with van der Waals surface area (Å²) in [4.78, 5) is 24.1. The van der Waals surface area contributed by atoms with Gasteiger partial charge < -0.3 is 15.1 Å². The van der Waals surface area contributed by atoms with Gasteiger partial charge in [0, 0.05) is 22.7 Å². The van der Waals surface area contributed by atoms with Crippen molar-refractivity contribution in [2.45, 2.75) is 13.3 Å². The van der Waals surface area contributed by atoms with E-state index in [2.05, 4.69) is 16.0 Å². The molecule has 2 amide bonds. The van der Waals surface area contributed by atoms with E-state index in [0.717, 1.165) is 0 Å². The van der Waals surface area contributed by atoms with E-state index in [4.69, 9.17) is 51.4 Å². The Labute approximate surface area is 198 Å². The number of amides is 2. The van der Waals surface area contributed by atoms with Crippen LogP contribution in [0, 0.1) is 0 Å². The summed E-state index contributed by atoms with van der Waals surface area (Å²) in [6.45, 7) is 1.75. The lowest BCUT2D eigenvalue weighted by atomic mass is 10.2. The molecule has 0 unspecified atom stereocenters. The zero-order valence-corrected chi connectivity index (χ0v) is 19.2. The molecule has 10 heteroatoms. The molecule has 1 aromatic heterocycles. The quantitative estimate of drug-likeness (QED) is 0.357. The molecule has 0 bridgehead atoms. The standard InChI is InChI=1S/C21H16Cl3N3O3S/c1-2-19(28)25-12-4-6-15(24)16(10-12)26-21(31)27-20(29)18-8-7-17(30-18)13-9-11(22)3-5-14(13)23/h3-10H,2H2,1H3,(H,25,28)(H2,26,27,29,31). The Morgan fingerprint density at radius 3 is 2.45 bits per heavy atom. The molecule has 2 aromatic carbocycles. The van der Waals surface area contributed by atoms with Crippen LogP contribution in [0.2, 0.25) is 15.1 Å². The minimum Gasteiger partial charge on any atom is -0.451 e. The first-order chi connectivity index (χ1) is 14.8. The van der Waals surface area contributed by atoms with Crippen molar-refractivity contribution in [1.29, 1.82) is 0 Å². The van der Waals surface area contributed by atoms with Gasteiger partial charge in [-0.05, 0) is 60.7 Å². The molecule has 1 heterocycles. The van der Waals surface area contributed by atoms with Gasteiger partial charge in [-0.1, -0.05) is 41.7 Å². The van der Waals surface area contributed by atoms with Crippen molar-refractivity contribution in [3.05, 3.63) is 69.4 Å². The fourth-order valence-electron chi connectivity index (χ4n) is 2.56. The topological polar surface area (TPSA) is 83.4 Å². The predicted molar refractivity (Wildman–Crippen MR) is 128 cm³/mol. The summed E-state index contributed by atoms with van der Waals surface area (Å²) in [5.74, 6) is -0.282. The van der Waals surface area contributed by atoms with Crippen LogP contribution < -0.4 is 16.0 Å². The second kappa shape index (κ2) is 10.2. The van der Waals surface area contributed by atoms with E-state index < -0.39 is 5.91 Å². The first kappa shape index (κ1) is 23.1. The molecule has 0 saturated heterocycles. The number of furan rings is 1. The Balaban J connectivity index is 1.68. The van der Waals surface area contributed by atoms with Gasteiger partial charge in [0.05, 0.1) is 15.7 Å². The molecule has 0 fully saturated rings. The Morgan fingerprint density at radius 1 is 0.968 bits per heavy atom. The van der Waals surface area contributed by atoms with Crippen LogP contribution in [-0.4, -0.2) is 16.9 Å². The van der Waals surface area contributed by atoms with Crippen molar-refractivity contribution in [2.75, 3.05) is 10.6 Å². The number of hydrogen-bond acceptors (Lipinski definition) is 4. The summed E-state index contributed by atoms with van der Waals surface area (Å²) < 4.78 is 5.60. The van der Waals surface area contributed by atoms with Crippen LogP contribution in [0.5, 0.6) is 0 Å². The largest absolute Gasteiger partial charge is 0.451 e. The number of halogens is 3. The third kappa shape index (κ3) is 5.98. The SMILES string of the molecule is CCC(=O)Nc1ccc(Cl)c(NC(=S)NC(=O)c2ccc(-c3cc(Cl)ccc3Cl)o2)c1. The van der Waals surface area contributed by atoms with Crippen LogP contribution in [0.4, 0.5) is 11.4 Å². The molecule has 0 spiro atoms. The van der Waals surface area contributed by atoms with E-state index >= 15 is 0 Å². The Hall–Kier alpha value is -2.58. The highest BCUT2D eigenvalue weighted by Crippen LogP contribution is 2.32. The number of carbonyl (C=O) groups is 2. The maximum absolute atomic E-state index is 12.5. The number of hydrogen-bond donors (Lipinski definition) is 3. The number of thiocarbonyl (C=S) groups is 1. The third-order valence-corrected chi connectivity index (χ3v) is 5.17. The number of rotatable bonds is 5. The van der Waals surface area contributed by atoms with Crippen LogP contribution in [0.1, 0.15) is 23.9 Å². The molecular weight excluding hydrogens is 481 g/mol. The van der Waals surface area contributed by atoms with Crippen molar-refractivity contribution in [3.63, 3.8) is 0 Å². The molecule has 3 rings (SSSR count). The van der Waals surface area contributed by atoms with E-state index in [1.54, 1.807) is 49.4 Å². The lowest BCUT2D eigenvalue weighted by Crippen LogP contribution is -2.34. The lowest BCUT2D eigenvalue weighted by Gasteiger charge is -2.12. The number of nitrogens with one attached hydrogen (secondary N) is 3. The fraction of sp³-hybridized carbons (Fsp3) is 0.0952. The molecule has 0 atom stereocenters. The van der Waals surface area contributed by atoms with Crippen molar-refractivity contribution in [1.82, 2.24) is 5.32 Å². The Morgan fingerprint density at radius 2 is 1.71 bits per heavy atom. The molecule has 0 saturated carbocycles. The lowest BCUT2D eigenvalue weighted by molar-refractivity contribution is -0.115. The van der Waals surface area contributed by atoms with Crippen molar-refractivity contribution < 1.29 is 14.0 Å². The Kier molecular flexibility index (Phi) is 7.56. The minimum atomic E-state index is -0.562. The van der Waals surface area contributed by atoms with Crippen LogP contribution in [0.3, 0.4) is 0 Å². The number of benzene rings is 2. The van der Waals surface area contributed by atoms with Crippen LogP contribution >= 0.6 is 47.0 Å². The van der Waals surface area contributed by atoms with Crippen LogP contribution in [0.25, 0.3) is 11.3 Å². The summed E-state index contributed by atoms with van der Waals surface area (Å²) >= 11 is 23.5. The Bertz CT molecular complexity index is 1160. The van der Waals surface area contributed by atoms with Gasteiger partial charge in [0.25, 0.3) is 5.91 Å². The average Bonchev–Trinajstić information content (AvgIpc) is 3.22. The summed E-state index contributed by atoms with van der Waals surface area (Å²) in [6.07, 6.45) is 0.339. The van der Waals surface area contributed by atoms with Gasteiger partial charge in [0.2, 0.25) is 5.91 Å². The molecule has 0 radical (unpaired) electrons. The van der Waals surface area contributed by atoms with Gasteiger partial charge in [-0.15, -0.1) is 0 Å². The molecule has 160 valence electrons. The van der Waals surface area contributed by atoms with E-state index in [-0.39, 0.29) is 16.8 Å². The molecule has 6 nitrogen and oxygen atoms in total. The van der Waals surface area contributed by atoms with Gasteiger partial charge in [0.15, 0.2) is 10.9 Å². The normalized spacial score (nSPS) is 10.5.